The van der Waals surface area contributed by atoms with Crippen LogP contribution < -0.4 is 15.2 Å². The van der Waals surface area contributed by atoms with Crippen LogP contribution in [0.2, 0.25) is 0 Å². The van der Waals surface area contributed by atoms with Crippen LogP contribution in [0.3, 0.4) is 0 Å². The topological polar surface area (TPSA) is 44.5 Å². The molecule has 0 saturated heterocycles. The smallest absolute Gasteiger partial charge is 0.407 e. The Morgan fingerprint density at radius 2 is 1.50 bits per heavy atom. The van der Waals surface area contributed by atoms with Gasteiger partial charge in [0.05, 0.1) is 19.8 Å². The lowest BCUT2D eigenvalue weighted by Crippen LogP contribution is -2.29. The van der Waals surface area contributed by atoms with E-state index in [1.54, 1.807) is 6.92 Å². The van der Waals surface area contributed by atoms with Gasteiger partial charge in [-0.25, -0.2) is 0 Å². The molecule has 0 bridgehead atoms. The van der Waals surface area contributed by atoms with E-state index in [-0.39, 0.29) is 29.5 Å². The molecule has 18 heavy (non-hydrogen) atoms. The second kappa shape index (κ2) is 6.15. The summed E-state index contributed by atoms with van der Waals surface area (Å²) in [6.45, 7) is 1.73. The van der Waals surface area contributed by atoms with Crippen LogP contribution in [0.4, 0.5) is 13.2 Å². The van der Waals surface area contributed by atoms with Crippen LogP contribution in [0.25, 0.3) is 0 Å². The molecular weight excluding hydrogens is 271 g/mol. The SMILES string of the molecule is COc1cc(C)cc(OC)c1[C@@H](N)C(F)(F)F.Cl. The van der Waals surface area contributed by atoms with Gasteiger partial charge in [-0.2, -0.15) is 13.2 Å². The van der Waals surface area contributed by atoms with Gasteiger partial charge in [0.25, 0.3) is 0 Å². The second-order valence-electron chi connectivity index (χ2n) is 3.60. The van der Waals surface area contributed by atoms with Gasteiger partial charge in [0.1, 0.15) is 17.5 Å². The van der Waals surface area contributed by atoms with Gasteiger partial charge in [-0.15, -0.1) is 12.4 Å². The Labute approximate surface area is 109 Å². The summed E-state index contributed by atoms with van der Waals surface area (Å²) < 4.78 is 47.7. The summed E-state index contributed by atoms with van der Waals surface area (Å²) in [6.07, 6.45) is -4.55. The Morgan fingerprint density at radius 1 is 1.11 bits per heavy atom. The summed E-state index contributed by atoms with van der Waals surface area (Å²) in [7, 11) is 2.58. The van der Waals surface area contributed by atoms with Crippen LogP contribution in [-0.4, -0.2) is 20.4 Å². The molecule has 1 aromatic rings. The number of hydrogen-bond donors (Lipinski definition) is 1. The van der Waals surface area contributed by atoms with Crippen LogP contribution >= 0.6 is 12.4 Å². The molecule has 0 aliphatic carbocycles. The molecule has 1 aromatic carbocycles. The molecule has 2 N–H and O–H groups in total. The molecule has 0 amide bonds. The first-order valence-corrected chi connectivity index (χ1v) is 4.86. The number of aryl methyl sites for hydroxylation is 1. The minimum Gasteiger partial charge on any atom is -0.496 e. The molecule has 1 rings (SSSR count). The highest BCUT2D eigenvalue weighted by Gasteiger charge is 2.41. The number of hydrogen-bond acceptors (Lipinski definition) is 3. The molecule has 0 aliphatic heterocycles. The van der Waals surface area contributed by atoms with E-state index >= 15 is 0 Å². The highest BCUT2D eigenvalue weighted by Crippen LogP contribution is 2.41. The van der Waals surface area contributed by atoms with Crippen molar-refractivity contribution >= 4 is 12.4 Å². The zero-order chi connectivity index (χ0) is 13.2. The number of halogens is 4. The Morgan fingerprint density at radius 3 is 1.78 bits per heavy atom. The maximum absolute atomic E-state index is 12.6. The van der Waals surface area contributed by atoms with Gasteiger partial charge in [0, 0.05) is 0 Å². The van der Waals surface area contributed by atoms with Crippen molar-refractivity contribution in [3.8, 4) is 11.5 Å². The lowest BCUT2D eigenvalue weighted by Gasteiger charge is -2.21. The van der Waals surface area contributed by atoms with Crippen LogP contribution in [0.1, 0.15) is 17.2 Å². The highest BCUT2D eigenvalue weighted by atomic mass is 35.5. The average molecular weight is 286 g/mol. The van der Waals surface area contributed by atoms with Crippen molar-refractivity contribution in [1.82, 2.24) is 0 Å². The number of alkyl halides is 3. The fourth-order valence-electron chi connectivity index (χ4n) is 1.54. The van der Waals surface area contributed by atoms with E-state index in [0.717, 1.165) is 5.56 Å². The van der Waals surface area contributed by atoms with Crippen molar-refractivity contribution in [2.75, 3.05) is 14.2 Å². The molecule has 0 aromatic heterocycles. The monoisotopic (exact) mass is 285 g/mol. The molecule has 0 heterocycles. The summed E-state index contributed by atoms with van der Waals surface area (Å²) in [6, 6.07) is 0.848. The lowest BCUT2D eigenvalue weighted by molar-refractivity contribution is -0.149. The molecule has 7 heteroatoms. The third-order valence-corrected chi connectivity index (χ3v) is 2.35. The first-order chi connectivity index (χ1) is 7.81. The van der Waals surface area contributed by atoms with Crippen LogP contribution in [0.5, 0.6) is 11.5 Å². The Bertz CT molecular complexity index is 385. The van der Waals surface area contributed by atoms with Gasteiger partial charge in [0.2, 0.25) is 0 Å². The molecule has 0 radical (unpaired) electrons. The maximum atomic E-state index is 12.6. The molecule has 0 unspecified atom stereocenters. The third kappa shape index (κ3) is 3.43. The van der Waals surface area contributed by atoms with E-state index in [9.17, 15) is 13.2 Å². The quantitative estimate of drug-likeness (QED) is 0.928. The summed E-state index contributed by atoms with van der Waals surface area (Å²) in [5.74, 6) is 0.151. The first kappa shape index (κ1) is 16.9. The van der Waals surface area contributed by atoms with Crippen LogP contribution in [0.15, 0.2) is 12.1 Å². The molecule has 3 nitrogen and oxygen atoms in total. The fraction of sp³-hybridized carbons (Fsp3) is 0.455. The summed E-state index contributed by atoms with van der Waals surface area (Å²) >= 11 is 0. The van der Waals surface area contributed by atoms with E-state index in [4.69, 9.17) is 15.2 Å². The molecule has 0 spiro atoms. The van der Waals surface area contributed by atoms with E-state index in [1.165, 1.54) is 26.4 Å². The Hall–Kier alpha value is -1.14. The second-order valence-corrected chi connectivity index (χ2v) is 3.60. The molecule has 1 atom stereocenters. The molecule has 0 saturated carbocycles. The summed E-state index contributed by atoms with van der Waals surface area (Å²) in [4.78, 5) is 0. The van der Waals surface area contributed by atoms with Crippen molar-refractivity contribution < 1.29 is 22.6 Å². The molecule has 104 valence electrons. The molecule has 0 aliphatic rings. The number of rotatable bonds is 3. The fourth-order valence-corrected chi connectivity index (χ4v) is 1.54. The Balaban J connectivity index is 0.00000289. The predicted molar refractivity (Wildman–Crippen MR) is 64.5 cm³/mol. The van der Waals surface area contributed by atoms with Gasteiger partial charge in [-0.05, 0) is 24.6 Å². The standard InChI is InChI=1S/C11H14F3NO2.ClH/c1-6-4-7(16-2)9(8(5-6)17-3)10(15)11(12,13)14;/h4-5,10H,15H2,1-3H3;1H/t10-;/m1./s1. The molecule has 0 fully saturated rings. The van der Waals surface area contributed by atoms with Gasteiger partial charge in [0.15, 0.2) is 0 Å². The summed E-state index contributed by atoms with van der Waals surface area (Å²) in [5, 5.41) is 0. The zero-order valence-electron chi connectivity index (χ0n) is 10.2. The van der Waals surface area contributed by atoms with E-state index in [1.807, 2.05) is 0 Å². The summed E-state index contributed by atoms with van der Waals surface area (Å²) in [5.41, 5.74) is 5.74. The van der Waals surface area contributed by atoms with Gasteiger partial charge in [-0.1, -0.05) is 0 Å². The van der Waals surface area contributed by atoms with E-state index in [2.05, 4.69) is 0 Å². The predicted octanol–water partition coefficient (Wildman–Crippen LogP) is 3.00. The van der Waals surface area contributed by atoms with Crippen molar-refractivity contribution in [3.63, 3.8) is 0 Å². The number of benzene rings is 1. The minimum absolute atomic E-state index is 0. The lowest BCUT2D eigenvalue weighted by atomic mass is 10.0. The Kier molecular flexibility index (Phi) is 5.76. The number of nitrogens with two attached hydrogens (primary N) is 1. The number of ether oxygens (including phenoxy) is 2. The number of methoxy groups -OCH3 is 2. The van der Waals surface area contributed by atoms with Crippen molar-refractivity contribution in [3.05, 3.63) is 23.3 Å². The largest absolute Gasteiger partial charge is 0.496 e. The van der Waals surface area contributed by atoms with Crippen molar-refractivity contribution in [2.45, 2.75) is 19.1 Å². The van der Waals surface area contributed by atoms with Crippen LogP contribution in [-0.2, 0) is 0 Å². The third-order valence-electron chi connectivity index (χ3n) is 2.35. The maximum Gasteiger partial charge on any atom is 0.407 e. The van der Waals surface area contributed by atoms with Gasteiger partial charge in [-0.3, -0.25) is 0 Å². The van der Waals surface area contributed by atoms with Gasteiger partial charge >= 0.3 is 6.18 Å². The average Bonchev–Trinajstić information content (AvgIpc) is 2.25. The first-order valence-electron chi connectivity index (χ1n) is 4.86. The van der Waals surface area contributed by atoms with Gasteiger partial charge < -0.3 is 15.2 Å². The van der Waals surface area contributed by atoms with E-state index in [0.29, 0.717) is 0 Å². The normalized spacial score (nSPS) is 12.6. The molecular formula is C11H15ClF3NO2. The van der Waals surface area contributed by atoms with Crippen molar-refractivity contribution in [1.29, 1.82) is 0 Å². The van der Waals surface area contributed by atoms with E-state index < -0.39 is 12.2 Å². The zero-order valence-corrected chi connectivity index (χ0v) is 11.0. The van der Waals surface area contributed by atoms with Crippen LogP contribution in [0, 0.1) is 6.92 Å². The van der Waals surface area contributed by atoms with Crippen molar-refractivity contribution in [2.24, 2.45) is 5.73 Å². The highest BCUT2D eigenvalue weighted by molar-refractivity contribution is 5.85. The minimum atomic E-state index is -4.55.